The van der Waals surface area contributed by atoms with Gasteiger partial charge in [0.05, 0.1) is 12.6 Å². The van der Waals surface area contributed by atoms with Gasteiger partial charge < -0.3 is 9.64 Å². The summed E-state index contributed by atoms with van der Waals surface area (Å²) >= 11 is 0. The zero-order valence-corrected chi connectivity index (χ0v) is 9.66. The molecular formula is C11H19NO3. The van der Waals surface area contributed by atoms with Crippen LogP contribution in [0.4, 0.5) is 0 Å². The zero-order chi connectivity index (χ0) is 11.4. The predicted octanol–water partition coefficient (Wildman–Crippen LogP) is 0.849. The fourth-order valence-electron chi connectivity index (χ4n) is 1.75. The number of Topliss-reactive ketones (excluding diaryl/α,β-unsaturated/α-hetero) is 1. The van der Waals surface area contributed by atoms with Gasteiger partial charge in [-0.15, -0.1) is 0 Å². The van der Waals surface area contributed by atoms with Gasteiger partial charge in [0.2, 0.25) is 5.91 Å². The lowest BCUT2D eigenvalue weighted by atomic mass is 10.0. The quantitative estimate of drug-likeness (QED) is 0.695. The Balaban J connectivity index is 2.60. The molecule has 0 aromatic carbocycles. The van der Waals surface area contributed by atoms with E-state index in [1.165, 1.54) is 0 Å². The van der Waals surface area contributed by atoms with Crippen molar-refractivity contribution >= 4 is 11.7 Å². The van der Waals surface area contributed by atoms with Crippen LogP contribution in [0.15, 0.2) is 0 Å². The van der Waals surface area contributed by atoms with Gasteiger partial charge in [0.25, 0.3) is 0 Å². The van der Waals surface area contributed by atoms with Gasteiger partial charge in [0.15, 0.2) is 0 Å². The minimum absolute atomic E-state index is 0.00111. The third kappa shape index (κ3) is 3.30. The number of amides is 1. The molecule has 0 aromatic rings. The normalized spacial score (nSPS) is 22.3. The molecular weight excluding hydrogens is 194 g/mol. The average molecular weight is 213 g/mol. The number of carbonyl (C=O) groups is 2. The molecule has 0 radical (unpaired) electrons. The lowest BCUT2D eigenvalue weighted by Crippen LogP contribution is -2.52. The summed E-state index contributed by atoms with van der Waals surface area (Å²) in [5, 5.41) is 0. The van der Waals surface area contributed by atoms with E-state index in [-0.39, 0.29) is 24.3 Å². The van der Waals surface area contributed by atoms with Gasteiger partial charge >= 0.3 is 0 Å². The smallest absolute Gasteiger partial charge is 0.248 e. The molecule has 0 saturated carbocycles. The molecule has 0 spiro atoms. The lowest BCUT2D eigenvalue weighted by molar-refractivity contribution is -0.150. The number of ketones is 1. The lowest BCUT2D eigenvalue weighted by Gasteiger charge is -2.37. The summed E-state index contributed by atoms with van der Waals surface area (Å²) in [6, 6.07) is 0.116. The number of carbonyl (C=O) groups excluding carboxylic acids is 2. The van der Waals surface area contributed by atoms with Crippen LogP contribution in [0, 0.1) is 5.92 Å². The highest BCUT2D eigenvalue weighted by molar-refractivity contribution is 5.80. The molecule has 0 N–H and O–H groups in total. The first-order valence-electron chi connectivity index (χ1n) is 5.39. The molecule has 1 atom stereocenters. The van der Waals surface area contributed by atoms with Crippen LogP contribution in [0.1, 0.15) is 27.2 Å². The molecule has 1 unspecified atom stereocenters. The Bertz CT molecular complexity index is 250. The van der Waals surface area contributed by atoms with Crippen LogP contribution in [0.3, 0.4) is 0 Å². The van der Waals surface area contributed by atoms with Crippen LogP contribution in [-0.2, 0) is 14.3 Å². The summed E-state index contributed by atoms with van der Waals surface area (Å²) < 4.78 is 5.22. The molecule has 1 fully saturated rings. The van der Waals surface area contributed by atoms with E-state index >= 15 is 0 Å². The topological polar surface area (TPSA) is 46.6 Å². The van der Waals surface area contributed by atoms with Crippen molar-refractivity contribution < 1.29 is 14.3 Å². The highest BCUT2D eigenvalue weighted by Gasteiger charge is 2.30. The van der Waals surface area contributed by atoms with Crippen LogP contribution in [0.2, 0.25) is 0 Å². The van der Waals surface area contributed by atoms with Crippen molar-refractivity contribution in [3.05, 3.63) is 0 Å². The number of hydrogen-bond donors (Lipinski definition) is 0. The maximum atomic E-state index is 11.6. The monoisotopic (exact) mass is 213 g/mol. The molecule has 4 heteroatoms. The van der Waals surface area contributed by atoms with Crippen molar-refractivity contribution in [2.75, 3.05) is 19.8 Å². The van der Waals surface area contributed by atoms with E-state index < -0.39 is 0 Å². The Morgan fingerprint density at radius 3 is 2.80 bits per heavy atom. The Kier molecular flexibility index (Phi) is 4.27. The van der Waals surface area contributed by atoms with Crippen molar-refractivity contribution in [1.82, 2.24) is 4.90 Å². The standard InChI is InChI=1S/C11H19NO3/c1-8(2)10-6-15-7-11(14)12(10)5-4-9(3)13/h8,10H,4-7H2,1-3H3. The molecule has 86 valence electrons. The molecule has 15 heavy (non-hydrogen) atoms. The molecule has 1 aliphatic heterocycles. The molecule has 0 bridgehead atoms. The minimum Gasteiger partial charge on any atom is -0.369 e. The zero-order valence-electron chi connectivity index (χ0n) is 9.66. The van der Waals surface area contributed by atoms with Gasteiger partial charge in [0.1, 0.15) is 12.4 Å². The van der Waals surface area contributed by atoms with Crippen LogP contribution < -0.4 is 0 Å². The number of nitrogens with zero attached hydrogens (tertiary/aromatic N) is 1. The van der Waals surface area contributed by atoms with Gasteiger partial charge in [-0.1, -0.05) is 13.8 Å². The van der Waals surface area contributed by atoms with Crippen LogP contribution in [0.25, 0.3) is 0 Å². The number of morpholine rings is 1. The van der Waals surface area contributed by atoms with Crippen molar-refractivity contribution in [2.24, 2.45) is 5.92 Å². The summed E-state index contributed by atoms with van der Waals surface area (Å²) in [6.45, 7) is 6.94. The third-order valence-corrected chi connectivity index (χ3v) is 2.71. The number of rotatable bonds is 4. The fourth-order valence-corrected chi connectivity index (χ4v) is 1.75. The van der Waals surface area contributed by atoms with Crippen molar-refractivity contribution in [1.29, 1.82) is 0 Å². The van der Waals surface area contributed by atoms with Crippen LogP contribution in [-0.4, -0.2) is 42.4 Å². The van der Waals surface area contributed by atoms with Crippen molar-refractivity contribution in [2.45, 2.75) is 33.2 Å². The van der Waals surface area contributed by atoms with Crippen LogP contribution >= 0.6 is 0 Å². The Labute approximate surface area is 90.6 Å². The molecule has 1 aliphatic rings. The highest BCUT2D eigenvalue weighted by atomic mass is 16.5. The number of ether oxygens (including phenoxy) is 1. The van der Waals surface area contributed by atoms with E-state index in [9.17, 15) is 9.59 Å². The van der Waals surface area contributed by atoms with Gasteiger partial charge in [-0.2, -0.15) is 0 Å². The summed E-state index contributed by atoms with van der Waals surface area (Å²) in [6.07, 6.45) is 0.439. The average Bonchev–Trinajstić information content (AvgIpc) is 2.15. The first-order chi connectivity index (χ1) is 7.02. The summed E-state index contributed by atoms with van der Waals surface area (Å²) in [5.41, 5.74) is 0. The summed E-state index contributed by atoms with van der Waals surface area (Å²) in [4.78, 5) is 24.3. The van der Waals surface area contributed by atoms with Crippen LogP contribution in [0.5, 0.6) is 0 Å². The van der Waals surface area contributed by atoms with E-state index in [0.29, 0.717) is 25.5 Å². The second-order valence-electron chi connectivity index (χ2n) is 4.37. The largest absolute Gasteiger partial charge is 0.369 e. The molecule has 1 heterocycles. The third-order valence-electron chi connectivity index (χ3n) is 2.71. The minimum atomic E-state index is 0.00111. The second-order valence-corrected chi connectivity index (χ2v) is 4.37. The Hall–Kier alpha value is -0.900. The SMILES string of the molecule is CC(=O)CCN1C(=O)COCC1C(C)C. The van der Waals surface area contributed by atoms with E-state index in [4.69, 9.17) is 4.74 Å². The Morgan fingerprint density at radius 2 is 2.27 bits per heavy atom. The van der Waals surface area contributed by atoms with E-state index in [1.807, 2.05) is 0 Å². The first kappa shape index (κ1) is 12.2. The number of hydrogen-bond acceptors (Lipinski definition) is 3. The fraction of sp³-hybridized carbons (Fsp3) is 0.818. The van der Waals surface area contributed by atoms with Crippen molar-refractivity contribution in [3.63, 3.8) is 0 Å². The molecule has 1 rings (SSSR count). The molecule has 4 nitrogen and oxygen atoms in total. The Morgan fingerprint density at radius 1 is 1.60 bits per heavy atom. The van der Waals surface area contributed by atoms with E-state index in [2.05, 4.69) is 13.8 Å². The summed E-state index contributed by atoms with van der Waals surface area (Å²) in [7, 11) is 0. The molecule has 0 aromatic heterocycles. The second kappa shape index (κ2) is 5.26. The first-order valence-corrected chi connectivity index (χ1v) is 5.39. The van der Waals surface area contributed by atoms with E-state index in [0.717, 1.165) is 0 Å². The van der Waals surface area contributed by atoms with E-state index in [1.54, 1.807) is 11.8 Å². The maximum Gasteiger partial charge on any atom is 0.248 e. The van der Waals surface area contributed by atoms with Crippen molar-refractivity contribution in [3.8, 4) is 0 Å². The molecule has 1 amide bonds. The van der Waals surface area contributed by atoms with Gasteiger partial charge in [-0.05, 0) is 12.8 Å². The molecule has 0 aliphatic carbocycles. The summed E-state index contributed by atoms with van der Waals surface area (Å²) in [5.74, 6) is 0.485. The van der Waals surface area contributed by atoms with Gasteiger partial charge in [-0.25, -0.2) is 0 Å². The van der Waals surface area contributed by atoms with Gasteiger partial charge in [-0.3, -0.25) is 9.59 Å². The predicted molar refractivity (Wildman–Crippen MR) is 56.5 cm³/mol. The highest BCUT2D eigenvalue weighted by Crippen LogP contribution is 2.16. The van der Waals surface area contributed by atoms with Gasteiger partial charge in [0, 0.05) is 13.0 Å². The molecule has 1 saturated heterocycles. The maximum absolute atomic E-state index is 11.6.